The molecule has 78 valence electrons. The first kappa shape index (κ1) is 8.97. The van der Waals surface area contributed by atoms with E-state index in [1.165, 1.54) is 0 Å². The lowest BCUT2D eigenvalue weighted by molar-refractivity contribution is 1.50. The van der Waals surface area contributed by atoms with E-state index in [0.29, 0.717) is 11.4 Å². The van der Waals surface area contributed by atoms with E-state index in [0.717, 1.165) is 21.8 Å². The van der Waals surface area contributed by atoms with Gasteiger partial charge in [-0.15, -0.1) is 0 Å². The summed E-state index contributed by atoms with van der Waals surface area (Å²) >= 11 is 0. The third-order valence-corrected chi connectivity index (χ3v) is 2.78. The Morgan fingerprint density at radius 3 is 2.56 bits per heavy atom. The topological polar surface area (TPSA) is 64.9 Å². The Morgan fingerprint density at radius 2 is 1.69 bits per heavy atom. The van der Waals surface area contributed by atoms with Crippen molar-refractivity contribution in [3.8, 4) is 0 Å². The minimum atomic E-state index is 0.601. The van der Waals surface area contributed by atoms with Gasteiger partial charge in [-0.05, 0) is 24.3 Å². The van der Waals surface area contributed by atoms with Gasteiger partial charge in [-0.2, -0.15) is 0 Å². The highest BCUT2D eigenvalue weighted by atomic mass is 14.7. The third kappa shape index (κ3) is 1.18. The molecule has 16 heavy (non-hydrogen) atoms. The molecule has 0 aliphatic heterocycles. The third-order valence-electron chi connectivity index (χ3n) is 2.78. The highest BCUT2D eigenvalue weighted by molar-refractivity contribution is 6.02. The molecule has 0 fully saturated rings. The predicted octanol–water partition coefficient (Wildman–Crippen LogP) is 2.55. The molecular weight excluding hydrogens is 198 g/mol. The van der Waals surface area contributed by atoms with E-state index in [-0.39, 0.29) is 0 Å². The Bertz CT molecular complexity index is 689. The monoisotopic (exact) mass is 209 g/mol. The predicted molar refractivity (Wildman–Crippen MR) is 68.1 cm³/mol. The highest BCUT2D eigenvalue weighted by Crippen LogP contribution is 2.28. The number of benzene rings is 2. The molecule has 0 amide bonds. The van der Waals surface area contributed by atoms with E-state index in [4.69, 9.17) is 11.5 Å². The molecule has 0 aliphatic carbocycles. The summed E-state index contributed by atoms with van der Waals surface area (Å²) in [7, 11) is 0. The molecule has 4 N–H and O–H groups in total. The van der Waals surface area contributed by atoms with Crippen molar-refractivity contribution in [3.05, 3.63) is 42.5 Å². The van der Waals surface area contributed by atoms with Crippen LogP contribution in [0.25, 0.3) is 21.8 Å². The number of pyridine rings is 1. The van der Waals surface area contributed by atoms with Gasteiger partial charge in [0, 0.05) is 10.8 Å². The summed E-state index contributed by atoms with van der Waals surface area (Å²) in [5.74, 6) is 0. The summed E-state index contributed by atoms with van der Waals surface area (Å²) in [6, 6.07) is 13.7. The lowest BCUT2D eigenvalue weighted by Crippen LogP contribution is -1.96. The smallest absolute Gasteiger partial charge is 0.0731 e. The van der Waals surface area contributed by atoms with Crippen LogP contribution in [0.15, 0.2) is 42.5 Å². The number of aromatic nitrogens is 1. The molecule has 3 aromatic rings. The van der Waals surface area contributed by atoms with E-state index in [9.17, 15) is 0 Å². The van der Waals surface area contributed by atoms with Gasteiger partial charge in [0.15, 0.2) is 0 Å². The average Bonchev–Trinajstić information content (AvgIpc) is 2.32. The van der Waals surface area contributed by atoms with Gasteiger partial charge in [0.2, 0.25) is 0 Å². The summed E-state index contributed by atoms with van der Waals surface area (Å²) in [6.07, 6.45) is 0. The molecule has 2 aromatic carbocycles. The zero-order valence-electron chi connectivity index (χ0n) is 8.64. The van der Waals surface area contributed by atoms with Gasteiger partial charge in [0.1, 0.15) is 0 Å². The first-order valence-corrected chi connectivity index (χ1v) is 5.09. The molecule has 0 saturated carbocycles. The maximum Gasteiger partial charge on any atom is 0.0731 e. The molecule has 0 spiro atoms. The van der Waals surface area contributed by atoms with E-state index in [1.54, 1.807) is 6.07 Å². The fourth-order valence-corrected chi connectivity index (χ4v) is 1.89. The Kier molecular flexibility index (Phi) is 1.74. The van der Waals surface area contributed by atoms with Crippen LogP contribution in [0.1, 0.15) is 0 Å². The van der Waals surface area contributed by atoms with Crippen molar-refractivity contribution >= 4 is 33.2 Å². The molecular formula is C13H11N3. The van der Waals surface area contributed by atoms with Crippen LogP contribution in [-0.4, -0.2) is 4.98 Å². The molecule has 0 bridgehead atoms. The maximum atomic E-state index is 5.94. The van der Waals surface area contributed by atoms with E-state index < -0.39 is 0 Å². The van der Waals surface area contributed by atoms with Crippen molar-refractivity contribution in [2.24, 2.45) is 0 Å². The molecule has 0 aliphatic rings. The first-order chi connectivity index (χ1) is 7.75. The summed E-state index contributed by atoms with van der Waals surface area (Å²) in [4.78, 5) is 4.54. The van der Waals surface area contributed by atoms with Gasteiger partial charge in [0.25, 0.3) is 0 Å². The number of hydrogen-bond acceptors (Lipinski definition) is 3. The van der Waals surface area contributed by atoms with Crippen LogP contribution in [0.2, 0.25) is 0 Å². The van der Waals surface area contributed by atoms with Crippen LogP contribution in [0.5, 0.6) is 0 Å². The van der Waals surface area contributed by atoms with Gasteiger partial charge in [-0.25, -0.2) is 4.98 Å². The molecule has 0 radical (unpaired) electrons. The van der Waals surface area contributed by atoms with Crippen LogP contribution in [-0.2, 0) is 0 Å². The quantitative estimate of drug-likeness (QED) is 0.441. The normalized spacial score (nSPS) is 11.0. The summed E-state index contributed by atoms with van der Waals surface area (Å²) < 4.78 is 0. The largest absolute Gasteiger partial charge is 0.397 e. The number of nitrogens with two attached hydrogens (primary N) is 2. The van der Waals surface area contributed by atoms with Gasteiger partial charge < -0.3 is 11.5 Å². The highest BCUT2D eigenvalue weighted by Gasteiger charge is 2.04. The summed E-state index contributed by atoms with van der Waals surface area (Å²) in [5.41, 5.74) is 14.8. The molecule has 3 heteroatoms. The van der Waals surface area contributed by atoms with Crippen molar-refractivity contribution in [3.63, 3.8) is 0 Å². The standard InChI is InChI=1S/C13H11N3/c14-10-5-6-12-9(13(10)15)7-8-3-1-2-4-11(8)16-12/h1-7H,14-15H2. The van der Waals surface area contributed by atoms with Crippen LogP contribution in [0.4, 0.5) is 11.4 Å². The number of nitrogen functional groups attached to an aromatic ring is 2. The van der Waals surface area contributed by atoms with Gasteiger partial charge in [-0.3, -0.25) is 0 Å². The number of anilines is 2. The fraction of sp³-hybridized carbons (Fsp3) is 0. The number of fused-ring (bicyclic) bond motifs is 2. The Balaban J connectivity index is 2.51. The average molecular weight is 209 g/mol. The molecule has 0 unspecified atom stereocenters. The van der Waals surface area contributed by atoms with Crippen LogP contribution >= 0.6 is 0 Å². The number of para-hydroxylation sites is 1. The van der Waals surface area contributed by atoms with Crippen LogP contribution in [0, 0.1) is 0 Å². The van der Waals surface area contributed by atoms with E-state index in [1.807, 2.05) is 36.4 Å². The Morgan fingerprint density at radius 1 is 0.875 bits per heavy atom. The summed E-state index contributed by atoms with van der Waals surface area (Å²) in [6.45, 7) is 0. The second kappa shape index (κ2) is 3.10. The zero-order valence-corrected chi connectivity index (χ0v) is 8.64. The number of hydrogen-bond donors (Lipinski definition) is 2. The van der Waals surface area contributed by atoms with Crippen LogP contribution in [0.3, 0.4) is 0 Å². The minimum Gasteiger partial charge on any atom is -0.397 e. The molecule has 0 saturated heterocycles. The molecule has 3 nitrogen and oxygen atoms in total. The Hall–Kier alpha value is -2.29. The van der Waals surface area contributed by atoms with Crippen molar-refractivity contribution in [1.82, 2.24) is 4.98 Å². The lowest BCUT2D eigenvalue weighted by atomic mass is 10.1. The van der Waals surface area contributed by atoms with Gasteiger partial charge >= 0.3 is 0 Å². The minimum absolute atomic E-state index is 0.601. The second-order valence-electron chi connectivity index (χ2n) is 3.82. The van der Waals surface area contributed by atoms with Crippen molar-refractivity contribution < 1.29 is 0 Å². The van der Waals surface area contributed by atoms with Crippen molar-refractivity contribution in [2.75, 3.05) is 11.5 Å². The summed E-state index contributed by atoms with van der Waals surface area (Å²) in [5, 5.41) is 1.99. The number of rotatable bonds is 0. The number of nitrogens with zero attached hydrogens (tertiary/aromatic N) is 1. The van der Waals surface area contributed by atoms with Crippen molar-refractivity contribution in [1.29, 1.82) is 0 Å². The first-order valence-electron chi connectivity index (χ1n) is 5.09. The molecule has 3 rings (SSSR count). The van der Waals surface area contributed by atoms with E-state index in [2.05, 4.69) is 4.98 Å². The van der Waals surface area contributed by atoms with Gasteiger partial charge in [0.05, 0.1) is 22.4 Å². The molecule has 0 atom stereocenters. The van der Waals surface area contributed by atoms with Crippen LogP contribution < -0.4 is 11.5 Å². The zero-order chi connectivity index (χ0) is 11.1. The van der Waals surface area contributed by atoms with Crippen molar-refractivity contribution in [2.45, 2.75) is 0 Å². The maximum absolute atomic E-state index is 5.94. The Labute approximate surface area is 92.7 Å². The fourth-order valence-electron chi connectivity index (χ4n) is 1.89. The second-order valence-corrected chi connectivity index (χ2v) is 3.82. The SMILES string of the molecule is Nc1ccc2nc3ccccc3cc2c1N. The molecule has 1 heterocycles. The molecule has 1 aromatic heterocycles. The van der Waals surface area contributed by atoms with E-state index >= 15 is 0 Å². The van der Waals surface area contributed by atoms with Gasteiger partial charge in [-0.1, -0.05) is 18.2 Å². The lowest BCUT2D eigenvalue weighted by Gasteiger charge is -2.06.